The molecule has 0 amide bonds. The van der Waals surface area contributed by atoms with Gasteiger partial charge in [-0.2, -0.15) is 0 Å². The van der Waals surface area contributed by atoms with Crippen molar-refractivity contribution in [2.75, 3.05) is 26.0 Å². The van der Waals surface area contributed by atoms with Gasteiger partial charge in [0.25, 0.3) is 0 Å². The molecule has 1 atom stereocenters. The third-order valence-corrected chi connectivity index (χ3v) is 5.40. The summed E-state index contributed by atoms with van der Waals surface area (Å²) in [5.41, 5.74) is 16.8. The van der Waals surface area contributed by atoms with Crippen molar-refractivity contribution in [3.8, 4) is 17.1 Å². The Kier molecular flexibility index (Phi) is 6.27. The molecule has 4 rings (SSSR count). The zero-order chi connectivity index (χ0) is 22.7. The number of anilines is 1. The number of pyridine rings is 1. The van der Waals surface area contributed by atoms with Crippen molar-refractivity contribution in [2.24, 2.45) is 10.9 Å². The molecule has 0 saturated heterocycles. The van der Waals surface area contributed by atoms with Gasteiger partial charge in [0.1, 0.15) is 12.4 Å². The summed E-state index contributed by atoms with van der Waals surface area (Å²) in [7, 11) is 1.55. The summed E-state index contributed by atoms with van der Waals surface area (Å²) >= 11 is 0. The molecule has 166 valence electrons. The summed E-state index contributed by atoms with van der Waals surface area (Å²) in [5.74, 6) is 0.283. The fraction of sp³-hybridized carbons (Fsp3) is 0.304. The van der Waals surface area contributed by atoms with Gasteiger partial charge >= 0.3 is 0 Å². The van der Waals surface area contributed by atoms with Crippen LogP contribution in [0, 0.1) is 12.7 Å². The predicted octanol–water partition coefficient (Wildman–Crippen LogP) is 2.99. The van der Waals surface area contributed by atoms with Gasteiger partial charge in [0.2, 0.25) is 11.8 Å². The lowest BCUT2D eigenvalue weighted by Crippen LogP contribution is -2.24. The molecular weight excluding hydrogens is 411 g/mol. The van der Waals surface area contributed by atoms with Gasteiger partial charge < -0.3 is 21.0 Å². The third kappa shape index (κ3) is 4.38. The zero-order valence-electron chi connectivity index (χ0n) is 18.0. The highest BCUT2D eigenvalue weighted by Crippen LogP contribution is 2.38. The van der Waals surface area contributed by atoms with E-state index in [9.17, 15) is 4.39 Å². The van der Waals surface area contributed by atoms with E-state index in [0.717, 1.165) is 28.2 Å². The number of benzene rings is 1. The van der Waals surface area contributed by atoms with Gasteiger partial charge in [0.15, 0.2) is 0 Å². The Bertz CT molecular complexity index is 1170. The molecule has 2 aromatic heterocycles. The van der Waals surface area contributed by atoms with Crippen LogP contribution in [-0.2, 0) is 11.3 Å². The maximum atomic E-state index is 14.3. The highest BCUT2D eigenvalue weighted by molar-refractivity contribution is 6.03. The Labute approximate surface area is 185 Å². The fourth-order valence-electron chi connectivity index (χ4n) is 4.08. The first-order valence-corrected chi connectivity index (χ1v) is 10.3. The number of nitrogens with two attached hydrogens (primary N) is 2. The van der Waals surface area contributed by atoms with Gasteiger partial charge in [0, 0.05) is 30.2 Å². The lowest BCUT2D eigenvalue weighted by molar-refractivity contribution is 0.151. The summed E-state index contributed by atoms with van der Waals surface area (Å²) in [4.78, 5) is 18.7. The molecule has 32 heavy (non-hydrogen) atoms. The van der Waals surface area contributed by atoms with Crippen LogP contribution in [-0.4, -0.2) is 40.9 Å². The molecule has 2 heterocycles. The van der Waals surface area contributed by atoms with E-state index >= 15 is 0 Å². The van der Waals surface area contributed by atoms with E-state index < -0.39 is 0 Å². The standard InChI is InChI=1S/C23H25FN6O2/c1-13-22-19(29-23(26)27-13)10-14(11-20(22)30-32-9-8-25)16-7-6-15(24)12-17(16)18-4-3-5-21(28-18)31-2/h3-7,12,14H,8-11,25H2,1-2H3,(H2,26,27,29)/b30-20+. The Morgan fingerprint density at radius 2 is 2.00 bits per heavy atom. The van der Waals surface area contributed by atoms with Crippen LogP contribution in [0.25, 0.3) is 11.3 Å². The average molecular weight is 436 g/mol. The van der Waals surface area contributed by atoms with Gasteiger partial charge in [-0.05, 0) is 43.0 Å². The third-order valence-electron chi connectivity index (χ3n) is 5.40. The van der Waals surface area contributed by atoms with Crippen molar-refractivity contribution in [1.29, 1.82) is 0 Å². The zero-order valence-corrected chi connectivity index (χ0v) is 18.0. The first kappa shape index (κ1) is 21.6. The summed E-state index contributed by atoms with van der Waals surface area (Å²) < 4.78 is 19.5. The molecule has 3 aromatic rings. The molecule has 0 fully saturated rings. The minimum absolute atomic E-state index is 0.0416. The lowest BCUT2D eigenvalue weighted by Gasteiger charge is -2.27. The number of oxime groups is 1. The van der Waals surface area contributed by atoms with Crippen LogP contribution in [0.2, 0.25) is 0 Å². The predicted molar refractivity (Wildman–Crippen MR) is 120 cm³/mol. The Hall–Kier alpha value is -3.59. The van der Waals surface area contributed by atoms with Crippen molar-refractivity contribution < 1.29 is 14.0 Å². The monoisotopic (exact) mass is 436 g/mol. The molecule has 0 aliphatic heterocycles. The molecule has 1 unspecified atom stereocenters. The number of hydrogen-bond donors (Lipinski definition) is 2. The second kappa shape index (κ2) is 9.27. The molecule has 4 N–H and O–H groups in total. The fourth-order valence-corrected chi connectivity index (χ4v) is 4.08. The number of hydrogen-bond acceptors (Lipinski definition) is 8. The topological polar surface area (TPSA) is 122 Å². The van der Waals surface area contributed by atoms with Gasteiger partial charge in [-0.1, -0.05) is 17.3 Å². The van der Waals surface area contributed by atoms with Crippen molar-refractivity contribution in [3.63, 3.8) is 0 Å². The van der Waals surface area contributed by atoms with Crippen molar-refractivity contribution in [2.45, 2.75) is 25.7 Å². The molecule has 0 bridgehead atoms. The number of halogens is 1. The molecular formula is C23H25FN6O2. The van der Waals surface area contributed by atoms with Gasteiger partial charge in [-0.25, -0.2) is 19.3 Å². The van der Waals surface area contributed by atoms with Crippen LogP contribution < -0.4 is 16.2 Å². The van der Waals surface area contributed by atoms with Crippen LogP contribution in [0.1, 0.15) is 34.9 Å². The van der Waals surface area contributed by atoms with Crippen molar-refractivity contribution in [3.05, 3.63) is 64.7 Å². The molecule has 9 heteroatoms. The number of rotatable bonds is 6. The number of aryl methyl sites for hydroxylation is 1. The van der Waals surface area contributed by atoms with Crippen LogP contribution in [0.4, 0.5) is 10.3 Å². The Morgan fingerprint density at radius 3 is 2.78 bits per heavy atom. The SMILES string of the molecule is COc1cccc(-c2cc(F)ccc2C2C/C(=N\OCCN)c3c(C)nc(N)nc3C2)n1. The number of methoxy groups -OCH3 is 1. The number of fused-ring (bicyclic) bond motifs is 1. The van der Waals surface area contributed by atoms with Gasteiger partial charge in [-0.3, -0.25) is 0 Å². The number of ether oxygens (including phenoxy) is 1. The highest BCUT2D eigenvalue weighted by Gasteiger charge is 2.31. The number of aromatic nitrogens is 3. The van der Waals surface area contributed by atoms with Gasteiger partial charge in [-0.15, -0.1) is 0 Å². The van der Waals surface area contributed by atoms with E-state index in [2.05, 4.69) is 20.1 Å². The van der Waals surface area contributed by atoms with Crippen molar-refractivity contribution >= 4 is 11.7 Å². The quantitative estimate of drug-likeness (QED) is 0.450. The van der Waals surface area contributed by atoms with Crippen LogP contribution in [0.5, 0.6) is 5.88 Å². The molecule has 8 nitrogen and oxygen atoms in total. The normalized spacial score (nSPS) is 16.6. The minimum atomic E-state index is -0.341. The summed E-state index contributed by atoms with van der Waals surface area (Å²) in [5, 5.41) is 4.33. The highest BCUT2D eigenvalue weighted by atomic mass is 19.1. The largest absolute Gasteiger partial charge is 0.481 e. The Balaban J connectivity index is 1.81. The van der Waals surface area contributed by atoms with Crippen molar-refractivity contribution in [1.82, 2.24) is 15.0 Å². The van der Waals surface area contributed by atoms with E-state index in [1.54, 1.807) is 19.2 Å². The summed E-state index contributed by atoms with van der Waals surface area (Å²) in [6.45, 7) is 2.53. The smallest absolute Gasteiger partial charge is 0.220 e. The van der Waals surface area contributed by atoms with E-state index in [4.69, 9.17) is 21.0 Å². The molecule has 0 spiro atoms. The molecule has 0 saturated carbocycles. The second-order valence-electron chi connectivity index (χ2n) is 7.55. The molecule has 1 aliphatic carbocycles. The molecule has 0 radical (unpaired) electrons. The van der Waals surface area contributed by atoms with Crippen LogP contribution >= 0.6 is 0 Å². The van der Waals surface area contributed by atoms with Crippen LogP contribution in [0.3, 0.4) is 0 Å². The van der Waals surface area contributed by atoms with E-state index in [-0.39, 0.29) is 17.7 Å². The first-order valence-electron chi connectivity index (χ1n) is 10.3. The number of nitrogen functional groups attached to an aromatic ring is 1. The summed E-state index contributed by atoms with van der Waals surface area (Å²) in [6, 6.07) is 10.2. The molecule has 1 aliphatic rings. The van der Waals surface area contributed by atoms with E-state index in [1.807, 2.05) is 19.1 Å². The maximum absolute atomic E-state index is 14.3. The van der Waals surface area contributed by atoms with Gasteiger partial charge in [0.05, 0.1) is 29.9 Å². The maximum Gasteiger partial charge on any atom is 0.220 e. The summed E-state index contributed by atoms with van der Waals surface area (Å²) in [6.07, 6.45) is 1.16. The van der Waals surface area contributed by atoms with E-state index in [0.29, 0.717) is 43.1 Å². The van der Waals surface area contributed by atoms with Crippen LogP contribution in [0.15, 0.2) is 41.6 Å². The van der Waals surface area contributed by atoms with E-state index in [1.165, 1.54) is 12.1 Å². The first-order chi connectivity index (χ1) is 15.5. The minimum Gasteiger partial charge on any atom is -0.481 e. The second-order valence-corrected chi connectivity index (χ2v) is 7.55. The lowest BCUT2D eigenvalue weighted by atomic mass is 9.79. The molecule has 1 aromatic carbocycles. The Morgan fingerprint density at radius 1 is 1.16 bits per heavy atom. The average Bonchev–Trinajstić information content (AvgIpc) is 2.78. The number of nitrogens with zero attached hydrogens (tertiary/aromatic N) is 4.